The molecule has 0 radical (unpaired) electrons. The van der Waals surface area contributed by atoms with Crippen LogP contribution in [-0.2, 0) is 11.2 Å². The fraction of sp³-hybridized carbons (Fsp3) is 0.222. The van der Waals surface area contributed by atoms with E-state index < -0.39 is 6.26 Å². The van der Waals surface area contributed by atoms with E-state index in [1.807, 2.05) is 30.3 Å². The highest BCUT2D eigenvalue weighted by Gasteiger charge is 1.87. The molecule has 10 heavy (non-hydrogen) atoms. The summed E-state index contributed by atoms with van der Waals surface area (Å²) in [6.45, 7) is 0. The topological polar surface area (TPSA) is 17.1 Å². The van der Waals surface area contributed by atoms with Gasteiger partial charge in [-0.2, -0.15) is 0 Å². The van der Waals surface area contributed by atoms with Gasteiger partial charge in [-0.15, -0.1) is 0 Å². The normalized spacial score (nSPS) is 10.6. The van der Waals surface area contributed by atoms with Gasteiger partial charge in [0.1, 0.15) is 7.63 Å². The van der Waals surface area contributed by atoms with Crippen LogP contribution in [0.25, 0.3) is 0 Å². The smallest absolute Gasteiger partial charge is 0.120 e. The Bertz CT molecular complexity index is 231. The third kappa shape index (κ3) is 2.02. The van der Waals surface area contributed by atoms with E-state index in [0.29, 0.717) is 12.8 Å². The maximum absolute atomic E-state index is 10.3. The van der Waals surface area contributed by atoms with Crippen LogP contribution in [0.4, 0.5) is 0 Å². The first-order valence-corrected chi connectivity index (χ1v) is 3.32. The summed E-state index contributed by atoms with van der Waals surface area (Å²) < 4.78 is 6.69. The Morgan fingerprint density at radius 1 is 1.40 bits per heavy atom. The molecular formula is C9H10O. The van der Waals surface area contributed by atoms with Crippen molar-refractivity contribution in [1.82, 2.24) is 0 Å². The summed E-state index contributed by atoms with van der Waals surface area (Å²) in [5.41, 5.74) is 1.12. The van der Waals surface area contributed by atoms with Crippen LogP contribution in [0.3, 0.4) is 0 Å². The molecule has 0 aliphatic heterocycles. The van der Waals surface area contributed by atoms with Gasteiger partial charge in [0.2, 0.25) is 0 Å². The molecule has 0 amide bonds. The number of benzene rings is 1. The summed E-state index contributed by atoms with van der Waals surface area (Å²) in [4.78, 5) is 10.3. The van der Waals surface area contributed by atoms with Gasteiger partial charge >= 0.3 is 0 Å². The monoisotopic (exact) mass is 135 g/mol. The zero-order chi connectivity index (χ0) is 8.10. The lowest BCUT2D eigenvalue weighted by molar-refractivity contribution is -0.107. The summed E-state index contributed by atoms with van der Waals surface area (Å²) in [5.74, 6) is 0. The van der Waals surface area contributed by atoms with Gasteiger partial charge in [-0.3, -0.25) is 0 Å². The van der Waals surface area contributed by atoms with Gasteiger partial charge in [-0.1, -0.05) is 30.3 Å². The fourth-order valence-corrected chi connectivity index (χ4v) is 0.840. The van der Waals surface area contributed by atoms with Crippen molar-refractivity contribution in [3.05, 3.63) is 35.9 Å². The summed E-state index contributed by atoms with van der Waals surface area (Å²) >= 11 is 0. The number of hydrogen-bond donors (Lipinski definition) is 0. The average molecular weight is 135 g/mol. The maximum atomic E-state index is 10.3. The number of aldehydes is 1. The second-order valence-electron chi connectivity index (χ2n) is 2.13. The molecule has 1 aromatic rings. The quantitative estimate of drug-likeness (QED) is 0.578. The van der Waals surface area contributed by atoms with Gasteiger partial charge in [0.25, 0.3) is 0 Å². The second-order valence-corrected chi connectivity index (χ2v) is 2.13. The number of hydrogen-bond acceptors (Lipinski definition) is 1. The van der Waals surface area contributed by atoms with E-state index in [2.05, 4.69) is 0 Å². The predicted octanol–water partition coefficient (Wildman–Crippen LogP) is 1.82. The van der Waals surface area contributed by atoms with E-state index in [-0.39, 0.29) is 0 Å². The summed E-state index contributed by atoms with van der Waals surface area (Å²) in [6, 6.07) is 9.73. The number of aryl methyl sites for hydroxylation is 1. The van der Waals surface area contributed by atoms with E-state index >= 15 is 0 Å². The van der Waals surface area contributed by atoms with Crippen LogP contribution < -0.4 is 0 Å². The van der Waals surface area contributed by atoms with Crippen molar-refractivity contribution in [3.8, 4) is 0 Å². The molecule has 0 aliphatic carbocycles. The molecule has 0 bridgehead atoms. The van der Waals surface area contributed by atoms with Gasteiger partial charge < -0.3 is 4.79 Å². The largest absolute Gasteiger partial charge is 0.303 e. The third-order valence-electron chi connectivity index (χ3n) is 1.36. The second kappa shape index (κ2) is 3.83. The van der Waals surface area contributed by atoms with E-state index in [1.54, 1.807) is 0 Å². The van der Waals surface area contributed by atoms with Crippen molar-refractivity contribution >= 4 is 6.26 Å². The van der Waals surface area contributed by atoms with Crippen LogP contribution >= 0.6 is 0 Å². The fourth-order valence-electron chi connectivity index (χ4n) is 0.840. The van der Waals surface area contributed by atoms with Crippen molar-refractivity contribution in [3.63, 3.8) is 0 Å². The first kappa shape index (κ1) is 5.66. The molecule has 0 saturated carbocycles. The van der Waals surface area contributed by atoms with Gasteiger partial charge in [-0.05, 0) is 12.0 Å². The van der Waals surface area contributed by atoms with Crippen molar-refractivity contribution in [2.75, 3.05) is 0 Å². The van der Waals surface area contributed by atoms with Crippen molar-refractivity contribution < 1.29 is 6.17 Å². The molecule has 1 heteroatoms. The van der Waals surface area contributed by atoms with E-state index in [0.717, 1.165) is 5.56 Å². The third-order valence-corrected chi connectivity index (χ3v) is 1.36. The van der Waals surface area contributed by atoms with Crippen LogP contribution in [0.5, 0.6) is 0 Å². The van der Waals surface area contributed by atoms with Gasteiger partial charge in [-0.25, -0.2) is 0 Å². The molecule has 0 unspecified atom stereocenters. The van der Waals surface area contributed by atoms with Crippen molar-refractivity contribution in [2.24, 2.45) is 0 Å². The SMILES string of the molecule is [2H]C(=O)CCc1ccccc1. The molecule has 1 aromatic carbocycles. The highest BCUT2D eigenvalue weighted by Crippen LogP contribution is 1.99. The lowest BCUT2D eigenvalue weighted by atomic mass is 10.1. The molecule has 1 nitrogen and oxygen atoms in total. The number of carbonyl (C=O) groups is 1. The Labute approximate surface area is 62.1 Å². The molecule has 0 saturated heterocycles. The molecule has 1 rings (SSSR count). The standard InChI is InChI=1S/C9H10O/c10-8-4-7-9-5-2-1-3-6-9/h1-3,5-6,8H,4,7H2/i8D. The van der Waals surface area contributed by atoms with Gasteiger partial charge in [0.15, 0.2) is 0 Å². The molecule has 0 spiro atoms. The van der Waals surface area contributed by atoms with Gasteiger partial charge in [0, 0.05) is 6.42 Å². The van der Waals surface area contributed by atoms with Crippen LogP contribution in [-0.4, -0.2) is 6.26 Å². The Morgan fingerprint density at radius 3 is 2.70 bits per heavy atom. The Hall–Kier alpha value is -1.11. The summed E-state index contributed by atoms with van der Waals surface area (Å²) in [6.07, 6.45) is 0.515. The first-order valence-electron chi connectivity index (χ1n) is 3.82. The maximum Gasteiger partial charge on any atom is 0.120 e. The first-order chi connectivity index (χ1) is 5.29. The lowest BCUT2D eigenvalue weighted by Gasteiger charge is -1.93. The molecule has 52 valence electrons. The molecule has 0 aliphatic rings. The van der Waals surface area contributed by atoms with Crippen LogP contribution in [0.2, 0.25) is 0 Å². The number of carbonyl (C=O) groups excluding carboxylic acids is 1. The minimum absolute atomic E-state index is 0.323. The zero-order valence-electron chi connectivity index (χ0n) is 6.71. The molecule has 0 fully saturated rings. The summed E-state index contributed by atoms with van der Waals surface area (Å²) in [7, 11) is 0. The van der Waals surface area contributed by atoms with Crippen LogP contribution in [0.1, 0.15) is 13.4 Å². The Morgan fingerprint density at radius 2 is 2.10 bits per heavy atom. The predicted molar refractivity (Wildman–Crippen MR) is 40.8 cm³/mol. The Kier molecular flexibility index (Phi) is 2.17. The molecule has 0 aromatic heterocycles. The van der Waals surface area contributed by atoms with Crippen LogP contribution in [0, 0.1) is 0 Å². The summed E-state index contributed by atoms with van der Waals surface area (Å²) in [5, 5.41) is 0. The van der Waals surface area contributed by atoms with Crippen LogP contribution in [0.15, 0.2) is 30.3 Å². The average Bonchev–Trinajstić information content (AvgIpc) is 2.03. The Balaban J connectivity index is 2.45. The highest BCUT2D eigenvalue weighted by molar-refractivity contribution is 5.49. The highest BCUT2D eigenvalue weighted by atomic mass is 16.1. The zero-order valence-corrected chi connectivity index (χ0v) is 5.71. The van der Waals surface area contributed by atoms with Gasteiger partial charge in [0.05, 0.1) is 0 Å². The minimum atomic E-state index is -0.492. The number of rotatable bonds is 3. The van der Waals surface area contributed by atoms with E-state index in [4.69, 9.17) is 1.37 Å². The van der Waals surface area contributed by atoms with Crippen molar-refractivity contribution in [1.29, 1.82) is 0 Å². The molecular weight excluding hydrogens is 124 g/mol. The van der Waals surface area contributed by atoms with Crippen molar-refractivity contribution in [2.45, 2.75) is 12.8 Å². The molecule has 0 N–H and O–H groups in total. The molecule has 0 heterocycles. The van der Waals surface area contributed by atoms with E-state index in [9.17, 15) is 4.79 Å². The lowest BCUT2D eigenvalue weighted by Crippen LogP contribution is -1.83. The minimum Gasteiger partial charge on any atom is -0.303 e. The molecule has 0 atom stereocenters. The van der Waals surface area contributed by atoms with E-state index in [1.165, 1.54) is 0 Å².